The van der Waals surface area contributed by atoms with E-state index in [9.17, 15) is 0 Å². The first-order chi connectivity index (χ1) is 10.2. The molecule has 0 amide bonds. The van der Waals surface area contributed by atoms with E-state index in [1.807, 2.05) is 0 Å². The van der Waals surface area contributed by atoms with Gasteiger partial charge in [-0.1, -0.05) is 0 Å². The van der Waals surface area contributed by atoms with Crippen molar-refractivity contribution in [2.24, 2.45) is 0 Å². The van der Waals surface area contributed by atoms with Crippen LogP contribution in [0.25, 0.3) is 0 Å². The van der Waals surface area contributed by atoms with Crippen LogP contribution in [-0.2, 0) is 0 Å². The number of hydrogen-bond acceptors (Lipinski definition) is 0. The molecule has 2 rings (SSSR count). The second-order valence-electron chi connectivity index (χ2n) is 6.26. The molecule has 0 fully saturated rings. The van der Waals surface area contributed by atoms with Gasteiger partial charge >= 0.3 is 149 Å². The van der Waals surface area contributed by atoms with Crippen molar-refractivity contribution in [3.63, 3.8) is 0 Å². The zero-order valence-electron chi connectivity index (χ0n) is 14.1. The van der Waals surface area contributed by atoms with Crippen LogP contribution >= 0.6 is 23.2 Å². The SMILES string of the molecule is Cc1cc(C)[c]([Ge]([c]2c(C)cc(C)cc2C)[CH](Cl)Cl)c(C)c1. The minimum atomic E-state index is -2.03. The standard InChI is InChI=1S/C19H23Cl2Ge/c1-11-7-13(3)17(14(4)8-11)22(19(20)21)18-15(5)9-12(2)10-16(18)6/h7-10,19H,1-6H3. The van der Waals surface area contributed by atoms with Gasteiger partial charge in [0.15, 0.2) is 0 Å². The van der Waals surface area contributed by atoms with Gasteiger partial charge in [-0.2, -0.15) is 0 Å². The molecule has 0 atom stereocenters. The van der Waals surface area contributed by atoms with Gasteiger partial charge in [0, 0.05) is 0 Å². The Morgan fingerprint density at radius 3 is 1.14 bits per heavy atom. The van der Waals surface area contributed by atoms with Crippen LogP contribution < -0.4 is 8.79 Å². The summed E-state index contributed by atoms with van der Waals surface area (Å²) in [7, 11) is 0. The first kappa shape index (κ1) is 17.9. The zero-order valence-corrected chi connectivity index (χ0v) is 17.8. The third kappa shape index (κ3) is 3.55. The number of hydrogen-bond donors (Lipinski definition) is 0. The predicted octanol–water partition coefficient (Wildman–Crippen LogP) is 4.49. The normalized spacial score (nSPS) is 11.5. The molecule has 0 N–H and O–H groups in total. The van der Waals surface area contributed by atoms with Gasteiger partial charge in [-0.25, -0.2) is 0 Å². The van der Waals surface area contributed by atoms with Crippen molar-refractivity contribution in [1.29, 1.82) is 0 Å². The quantitative estimate of drug-likeness (QED) is 0.531. The maximum absolute atomic E-state index is 6.52. The van der Waals surface area contributed by atoms with Crippen molar-refractivity contribution < 1.29 is 0 Å². The first-order valence-electron chi connectivity index (χ1n) is 7.53. The van der Waals surface area contributed by atoms with Gasteiger partial charge in [0.1, 0.15) is 0 Å². The van der Waals surface area contributed by atoms with Crippen LogP contribution in [0.15, 0.2) is 24.3 Å². The molecule has 0 unspecified atom stereocenters. The fourth-order valence-corrected chi connectivity index (χ4v) is 11.4. The van der Waals surface area contributed by atoms with Crippen LogP contribution in [0.5, 0.6) is 0 Å². The molecule has 117 valence electrons. The van der Waals surface area contributed by atoms with Crippen LogP contribution in [0.3, 0.4) is 0 Å². The Bertz CT molecular complexity index is 601. The maximum atomic E-state index is 6.52. The summed E-state index contributed by atoms with van der Waals surface area (Å²) in [5, 5.41) is 0. The van der Waals surface area contributed by atoms with Crippen LogP contribution in [0.1, 0.15) is 33.4 Å². The molecule has 0 spiro atoms. The summed E-state index contributed by atoms with van der Waals surface area (Å²) in [6.45, 7) is 13.1. The Morgan fingerprint density at radius 2 is 0.909 bits per heavy atom. The molecule has 22 heavy (non-hydrogen) atoms. The minimum absolute atomic E-state index is 0.305. The summed E-state index contributed by atoms with van der Waals surface area (Å²) < 4.78 is 2.55. The average molecular weight is 395 g/mol. The molecule has 1 radical (unpaired) electrons. The monoisotopic (exact) mass is 395 g/mol. The molecular weight excluding hydrogens is 372 g/mol. The second kappa shape index (κ2) is 6.99. The van der Waals surface area contributed by atoms with E-state index in [0.29, 0.717) is 0 Å². The molecule has 2 aromatic carbocycles. The summed E-state index contributed by atoms with van der Waals surface area (Å²) in [6.07, 6.45) is 0. The summed E-state index contributed by atoms with van der Waals surface area (Å²) in [4.78, 5) is 0. The predicted molar refractivity (Wildman–Crippen MR) is 102 cm³/mol. The molecule has 0 aliphatic heterocycles. The summed E-state index contributed by atoms with van der Waals surface area (Å²) in [5.74, 6) is 0. The van der Waals surface area contributed by atoms with Crippen LogP contribution in [0.4, 0.5) is 0 Å². The fourth-order valence-electron chi connectivity index (χ4n) is 3.55. The number of rotatable bonds is 3. The van der Waals surface area contributed by atoms with Crippen LogP contribution in [0, 0.1) is 41.5 Å². The van der Waals surface area contributed by atoms with Crippen molar-refractivity contribution in [2.45, 2.75) is 45.2 Å². The Labute approximate surface area is 148 Å². The van der Waals surface area contributed by atoms with Gasteiger partial charge in [0.2, 0.25) is 0 Å². The van der Waals surface area contributed by atoms with Crippen LogP contribution in [-0.4, -0.2) is 18.0 Å². The summed E-state index contributed by atoms with van der Waals surface area (Å²) >= 11 is 11.0. The van der Waals surface area contributed by atoms with Crippen molar-refractivity contribution in [3.8, 4) is 0 Å². The van der Waals surface area contributed by atoms with Crippen LogP contribution in [0.2, 0.25) is 0 Å². The van der Waals surface area contributed by atoms with Crippen molar-refractivity contribution >= 4 is 46.3 Å². The number of aryl methyl sites for hydroxylation is 6. The second-order valence-corrected chi connectivity index (χ2v) is 13.9. The number of alkyl halides is 2. The van der Waals surface area contributed by atoms with E-state index in [0.717, 1.165) is 0 Å². The third-order valence-corrected chi connectivity index (χ3v) is 12.9. The van der Waals surface area contributed by atoms with E-state index < -0.39 is 14.3 Å². The molecule has 0 bridgehead atoms. The Morgan fingerprint density at radius 1 is 0.636 bits per heavy atom. The van der Waals surface area contributed by atoms with E-state index in [1.165, 1.54) is 42.2 Å². The fraction of sp³-hybridized carbons (Fsp3) is 0.368. The molecule has 0 nitrogen and oxygen atoms in total. The van der Waals surface area contributed by atoms with Crippen molar-refractivity contribution in [3.05, 3.63) is 57.6 Å². The molecule has 0 saturated heterocycles. The molecule has 2 aromatic rings. The van der Waals surface area contributed by atoms with Gasteiger partial charge in [-0.3, -0.25) is 0 Å². The number of benzene rings is 2. The summed E-state index contributed by atoms with van der Waals surface area (Å²) in [5.41, 5.74) is 7.93. The Kier molecular flexibility index (Phi) is 5.69. The molecule has 0 aliphatic rings. The topological polar surface area (TPSA) is 0 Å². The van der Waals surface area contributed by atoms with Gasteiger partial charge < -0.3 is 0 Å². The van der Waals surface area contributed by atoms with E-state index >= 15 is 0 Å². The molecule has 0 aliphatic carbocycles. The van der Waals surface area contributed by atoms with Gasteiger partial charge in [0.05, 0.1) is 0 Å². The van der Waals surface area contributed by atoms with Gasteiger partial charge in [-0.15, -0.1) is 0 Å². The molecule has 0 saturated carbocycles. The van der Waals surface area contributed by atoms with Gasteiger partial charge in [0.25, 0.3) is 0 Å². The number of halogens is 2. The van der Waals surface area contributed by atoms with E-state index in [-0.39, 0.29) is 3.67 Å². The van der Waals surface area contributed by atoms with E-state index in [4.69, 9.17) is 23.2 Å². The van der Waals surface area contributed by atoms with Gasteiger partial charge in [-0.05, 0) is 0 Å². The summed E-state index contributed by atoms with van der Waals surface area (Å²) in [6, 6.07) is 9.02. The molecule has 0 aromatic heterocycles. The van der Waals surface area contributed by atoms with E-state index in [1.54, 1.807) is 0 Å². The van der Waals surface area contributed by atoms with Crippen molar-refractivity contribution in [1.82, 2.24) is 0 Å². The Hall–Kier alpha value is -0.437. The Balaban J connectivity index is 2.73. The molecule has 0 heterocycles. The molecular formula is C19H23Cl2Ge. The average Bonchev–Trinajstić information content (AvgIpc) is 2.34. The van der Waals surface area contributed by atoms with Crippen molar-refractivity contribution in [2.75, 3.05) is 0 Å². The first-order valence-corrected chi connectivity index (χ1v) is 11.7. The third-order valence-electron chi connectivity index (χ3n) is 4.11. The molecule has 3 heteroatoms. The van der Waals surface area contributed by atoms with E-state index in [2.05, 4.69) is 65.8 Å². The zero-order chi connectivity index (χ0) is 16.6.